The van der Waals surface area contributed by atoms with Crippen molar-refractivity contribution in [3.63, 3.8) is 0 Å². The molecule has 0 saturated carbocycles. The van der Waals surface area contributed by atoms with E-state index in [9.17, 15) is 23.4 Å². The van der Waals surface area contributed by atoms with Gasteiger partial charge in [-0.3, -0.25) is 4.52 Å². The number of hydrogen-bond donors (Lipinski definition) is 7. The van der Waals surface area contributed by atoms with Crippen LogP contribution in [0.2, 0.25) is 0 Å². The second-order valence-electron chi connectivity index (χ2n) is 5.87. The van der Waals surface area contributed by atoms with Gasteiger partial charge in [0.05, 0.1) is 25.2 Å². The first-order chi connectivity index (χ1) is 15.3. The second-order valence-corrected chi connectivity index (χ2v) is 11.0. The van der Waals surface area contributed by atoms with Gasteiger partial charge in [-0.15, -0.1) is 0 Å². The number of carbonyl (C=O) groups is 1. The lowest BCUT2D eigenvalue weighted by Gasteiger charge is -2.20. The zero-order valence-electron chi connectivity index (χ0n) is 16.7. The molecule has 1 aliphatic rings. The third-order valence-electron chi connectivity index (χ3n) is 3.35. The number of rotatable bonds is 13. The summed E-state index contributed by atoms with van der Waals surface area (Å²) in [7, 11) is -15.0. The Bertz CT molecular complexity index is 849. The van der Waals surface area contributed by atoms with Gasteiger partial charge in [-0.05, 0) is 6.42 Å². The average Bonchev–Trinajstić information content (AvgIpc) is 3.03. The largest absolute Gasteiger partial charge is 0.490 e. The summed E-state index contributed by atoms with van der Waals surface area (Å²) >= 11 is 7.82. The first-order valence-electron chi connectivity index (χ1n) is 8.76. The Morgan fingerprint density at radius 2 is 1.85 bits per heavy atom. The molecule has 15 nitrogen and oxygen atoms in total. The van der Waals surface area contributed by atoms with Crippen molar-refractivity contribution in [2.75, 3.05) is 31.5 Å². The summed E-state index contributed by atoms with van der Waals surface area (Å²) in [5, 5.41) is 2.39. The third kappa shape index (κ3) is 14.2. The molecule has 0 aromatic carbocycles. The number of nitrogens with one attached hydrogen (secondary N) is 1. The van der Waals surface area contributed by atoms with Gasteiger partial charge in [-0.1, -0.05) is 5.92 Å². The molecule has 0 aromatic rings. The molecule has 2 unspecified atom stereocenters. The maximum Gasteiger partial charge on any atom is 0.490 e. The molecule has 33 heavy (non-hydrogen) atoms. The zero-order valence-corrected chi connectivity index (χ0v) is 21.1. The zero-order chi connectivity index (χ0) is 25.1. The molecule has 0 aliphatic carbocycles. The highest BCUT2D eigenvalue weighted by Gasteiger charge is 2.43. The predicted octanol–water partition coefficient (Wildman–Crippen LogP) is 0.0383. The Morgan fingerprint density at radius 1 is 1.15 bits per heavy atom. The van der Waals surface area contributed by atoms with Crippen molar-refractivity contribution in [2.24, 2.45) is 0 Å². The minimum atomic E-state index is -5.62. The van der Waals surface area contributed by atoms with E-state index in [2.05, 4.69) is 55.5 Å². The minimum Gasteiger partial charge on any atom is -0.449 e. The van der Waals surface area contributed by atoms with E-state index in [0.29, 0.717) is 5.75 Å². The van der Waals surface area contributed by atoms with Crippen LogP contribution in [0.1, 0.15) is 6.42 Å². The highest BCUT2D eigenvalue weighted by Crippen LogP contribution is 2.66. The summed E-state index contributed by atoms with van der Waals surface area (Å²) in [5.41, 5.74) is 0. The van der Waals surface area contributed by atoms with Gasteiger partial charge in [0.15, 0.2) is 0 Å². The molecule has 1 radical (unpaired) electrons. The van der Waals surface area contributed by atoms with Crippen LogP contribution >= 0.6 is 48.7 Å². The summed E-state index contributed by atoms with van der Waals surface area (Å²) in [6.07, 6.45) is -2.03. The fraction of sp³-hybridized carbons (Fsp3) is 0.750. The van der Waals surface area contributed by atoms with E-state index in [1.54, 1.807) is 0 Å². The fourth-order valence-corrected chi connectivity index (χ4v) is 5.57. The molecular formula is C12H22BNO14P3S2. The maximum atomic E-state index is 11.8. The van der Waals surface area contributed by atoms with Gasteiger partial charge >= 0.3 is 29.6 Å². The number of phosphoric acid groups is 3. The smallest absolute Gasteiger partial charge is 0.449 e. The van der Waals surface area contributed by atoms with Crippen LogP contribution in [0.15, 0.2) is 0 Å². The lowest BCUT2D eigenvalue weighted by Crippen LogP contribution is -2.28. The van der Waals surface area contributed by atoms with Gasteiger partial charge in [0.25, 0.3) is 7.28 Å². The van der Waals surface area contributed by atoms with E-state index in [1.807, 2.05) is 0 Å². The lowest BCUT2D eigenvalue weighted by atomic mass is 9.71. The van der Waals surface area contributed by atoms with Crippen molar-refractivity contribution in [1.29, 1.82) is 0 Å². The first-order valence-corrected chi connectivity index (χ1v) is 14.5. The maximum absolute atomic E-state index is 11.8. The van der Waals surface area contributed by atoms with Gasteiger partial charge in [0.1, 0.15) is 12.7 Å². The van der Waals surface area contributed by atoms with Gasteiger partial charge in [0, 0.05) is 11.8 Å². The minimum absolute atomic E-state index is 0.000659. The average molecular weight is 572 g/mol. The van der Waals surface area contributed by atoms with E-state index in [-0.39, 0.29) is 25.5 Å². The van der Waals surface area contributed by atoms with Crippen LogP contribution in [0.25, 0.3) is 0 Å². The van der Waals surface area contributed by atoms with Crippen molar-refractivity contribution in [3.05, 3.63) is 0 Å². The molecule has 1 heterocycles. The van der Waals surface area contributed by atoms with Crippen molar-refractivity contribution >= 4 is 62.1 Å². The van der Waals surface area contributed by atoms with Crippen LogP contribution in [-0.2, 0) is 41.1 Å². The van der Waals surface area contributed by atoms with Gasteiger partial charge in [0.2, 0.25) is 0 Å². The van der Waals surface area contributed by atoms with Crippen LogP contribution < -0.4 is 5.32 Å². The molecule has 5 atom stereocenters. The van der Waals surface area contributed by atoms with E-state index >= 15 is 0 Å². The lowest BCUT2D eigenvalue weighted by molar-refractivity contribution is -0.0239. The molecule has 1 fully saturated rings. The molecule has 0 aromatic heterocycles. The van der Waals surface area contributed by atoms with Crippen LogP contribution in [0.3, 0.4) is 0 Å². The molecule has 1 rings (SSSR count). The normalized spacial score (nSPS) is 24.1. The Kier molecular flexibility index (Phi) is 13.6. The van der Waals surface area contributed by atoms with Crippen molar-refractivity contribution in [3.8, 4) is 11.7 Å². The standard InChI is InChI=1S/C12H22BNO14P3S2/c15-12(23-4-5-32)14-3-1-2-13-11-6-9(24-8-33)10(26-11)7-25-30(19,20)28-31(21,22)27-29(16,17)18/h9-11,32-33H,3-8H2,(H,14,15)(H,19,20)(H,21,22)(H2,16,17,18)/t9-,10-,11-/m1/s1. The van der Waals surface area contributed by atoms with Crippen LogP contribution in [0.4, 0.5) is 4.79 Å². The molecular weight excluding hydrogens is 550 g/mol. The van der Waals surface area contributed by atoms with Crippen molar-refractivity contribution < 1.29 is 65.4 Å². The number of hydrogen-bond acceptors (Lipinski definition) is 12. The summed E-state index contributed by atoms with van der Waals surface area (Å²) in [6, 6.07) is -0.604. The Labute approximate surface area is 200 Å². The van der Waals surface area contributed by atoms with E-state index in [0.717, 1.165) is 0 Å². The Balaban J connectivity index is 2.56. The summed E-state index contributed by atoms with van der Waals surface area (Å²) in [4.78, 5) is 47.0. The Morgan fingerprint density at radius 3 is 2.45 bits per heavy atom. The SMILES string of the molecule is O=C(NCC#C[B][C@H]1C[C@@H](OCS)[C@@H](COP(=O)(O)OP(=O)(O)OP(=O)(O)O)O1)OCCS. The molecule has 0 bridgehead atoms. The Hall–Kier alpha value is -0.0751. The number of carbonyl (C=O) groups excluding carboxylic acids is 1. The highest BCUT2D eigenvalue weighted by atomic mass is 32.1. The molecule has 1 saturated heterocycles. The topological polar surface area (TPSA) is 217 Å². The molecule has 21 heteroatoms. The molecule has 189 valence electrons. The number of thiol groups is 2. The molecule has 1 amide bonds. The van der Waals surface area contributed by atoms with E-state index < -0.39 is 54.4 Å². The number of phosphoric ester groups is 1. The van der Waals surface area contributed by atoms with Crippen LogP contribution in [0, 0.1) is 11.7 Å². The number of ether oxygens (including phenoxy) is 3. The van der Waals surface area contributed by atoms with Crippen molar-refractivity contribution in [2.45, 2.75) is 24.6 Å². The number of amides is 1. The second kappa shape index (κ2) is 14.5. The van der Waals surface area contributed by atoms with Crippen LogP contribution in [-0.4, -0.2) is 82.6 Å². The van der Waals surface area contributed by atoms with Gasteiger partial charge < -0.3 is 39.1 Å². The first kappa shape index (κ1) is 31.0. The van der Waals surface area contributed by atoms with Crippen molar-refractivity contribution in [1.82, 2.24) is 5.32 Å². The quantitative estimate of drug-likeness (QED) is 0.0510. The molecule has 5 N–H and O–H groups in total. The van der Waals surface area contributed by atoms with Crippen LogP contribution in [0.5, 0.6) is 0 Å². The van der Waals surface area contributed by atoms with Gasteiger partial charge in [-0.2, -0.15) is 39.7 Å². The summed E-state index contributed by atoms with van der Waals surface area (Å²) < 4.78 is 61.3. The molecule has 1 aliphatic heterocycles. The summed E-state index contributed by atoms with van der Waals surface area (Å²) in [6.45, 7) is -0.516. The number of alkyl carbamates (subject to hydrolysis) is 1. The monoisotopic (exact) mass is 572 g/mol. The van der Waals surface area contributed by atoms with E-state index in [1.165, 1.54) is 7.28 Å². The molecule has 0 spiro atoms. The van der Waals surface area contributed by atoms with E-state index in [4.69, 9.17) is 28.9 Å². The predicted molar refractivity (Wildman–Crippen MR) is 119 cm³/mol. The fourth-order valence-electron chi connectivity index (χ4n) is 2.25. The highest BCUT2D eigenvalue weighted by molar-refractivity contribution is 7.80. The summed E-state index contributed by atoms with van der Waals surface area (Å²) in [5.74, 6) is 5.64. The third-order valence-corrected chi connectivity index (χ3v) is 7.49. The van der Waals surface area contributed by atoms with Gasteiger partial charge in [-0.25, -0.2) is 18.5 Å².